The normalized spacial score (nSPS) is 11.7. The number of benzene rings is 2. The Bertz CT molecular complexity index is 1040. The summed E-state index contributed by atoms with van der Waals surface area (Å²) in [6, 6.07) is 17.7. The van der Waals surface area contributed by atoms with Crippen molar-refractivity contribution in [2.45, 2.75) is 26.4 Å². The predicted octanol–water partition coefficient (Wildman–Crippen LogP) is 4.44. The molecular formula is C23H23ClN2O3. The predicted molar refractivity (Wildman–Crippen MR) is 115 cm³/mol. The van der Waals surface area contributed by atoms with E-state index in [4.69, 9.17) is 16.3 Å². The van der Waals surface area contributed by atoms with Gasteiger partial charge in [0, 0.05) is 17.3 Å². The van der Waals surface area contributed by atoms with Crippen LogP contribution < -0.4 is 15.6 Å². The van der Waals surface area contributed by atoms with Crippen LogP contribution in [0.1, 0.15) is 41.4 Å². The summed E-state index contributed by atoms with van der Waals surface area (Å²) in [7, 11) is 0. The van der Waals surface area contributed by atoms with E-state index >= 15 is 0 Å². The summed E-state index contributed by atoms with van der Waals surface area (Å²) in [5.41, 5.74) is 2.00. The van der Waals surface area contributed by atoms with Crippen molar-refractivity contribution in [2.24, 2.45) is 0 Å². The fourth-order valence-electron chi connectivity index (χ4n) is 2.98. The summed E-state index contributed by atoms with van der Waals surface area (Å²) >= 11 is 6.19. The maximum Gasteiger partial charge on any atom is 0.253 e. The Kier molecular flexibility index (Phi) is 6.73. The lowest BCUT2D eigenvalue weighted by Crippen LogP contribution is -2.29. The van der Waals surface area contributed by atoms with Gasteiger partial charge < -0.3 is 14.6 Å². The van der Waals surface area contributed by atoms with Gasteiger partial charge >= 0.3 is 0 Å². The molecule has 6 heteroatoms. The molecule has 0 aliphatic rings. The lowest BCUT2D eigenvalue weighted by molar-refractivity contribution is 0.0939. The van der Waals surface area contributed by atoms with Crippen molar-refractivity contribution in [3.63, 3.8) is 0 Å². The monoisotopic (exact) mass is 410 g/mol. The average Bonchev–Trinajstić information content (AvgIpc) is 2.72. The van der Waals surface area contributed by atoms with E-state index in [2.05, 4.69) is 5.32 Å². The van der Waals surface area contributed by atoms with E-state index in [0.717, 1.165) is 16.9 Å². The van der Waals surface area contributed by atoms with Gasteiger partial charge in [0.1, 0.15) is 5.75 Å². The molecule has 1 unspecified atom stereocenters. The molecule has 2 aromatic carbocycles. The Morgan fingerprint density at radius 3 is 2.52 bits per heavy atom. The average molecular weight is 411 g/mol. The second-order valence-corrected chi connectivity index (χ2v) is 7.08. The first-order valence-corrected chi connectivity index (χ1v) is 9.83. The van der Waals surface area contributed by atoms with E-state index in [1.54, 1.807) is 12.3 Å². The van der Waals surface area contributed by atoms with Gasteiger partial charge in [0.05, 0.1) is 24.8 Å². The largest absolute Gasteiger partial charge is 0.494 e. The Morgan fingerprint density at radius 1 is 1.10 bits per heavy atom. The standard InChI is InChI=1S/C23H23ClN2O3/c1-3-29-20-11-8-17(9-12-20)16(2)25-23(28)19-10-13-22(27)26(15-19)14-18-6-4-5-7-21(18)24/h4-13,15-16H,3,14H2,1-2H3,(H,25,28). The molecule has 0 saturated carbocycles. The number of halogens is 1. The van der Waals surface area contributed by atoms with Gasteiger partial charge in [-0.05, 0) is 49.2 Å². The van der Waals surface area contributed by atoms with Crippen LogP contribution in [0.25, 0.3) is 0 Å². The fourth-order valence-corrected chi connectivity index (χ4v) is 3.18. The molecule has 1 heterocycles. The highest BCUT2D eigenvalue weighted by atomic mass is 35.5. The molecule has 3 aromatic rings. The SMILES string of the molecule is CCOc1ccc(C(C)NC(=O)c2ccc(=O)n(Cc3ccccc3Cl)c2)cc1. The summed E-state index contributed by atoms with van der Waals surface area (Å²) in [5, 5.41) is 3.55. The highest BCUT2D eigenvalue weighted by Gasteiger charge is 2.13. The van der Waals surface area contributed by atoms with Crippen LogP contribution in [-0.2, 0) is 6.54 Å². The van der Waals surface area contributed by atoms with Gasteiger partial charge in [-0.25, -0.2) is 0 Å². The number of carbonyl (C=O) groups excluding carboxylic acids is 1. The van der Waals surface area contributed by atoms with Gasteiger partial charge in [0.25, 0.3) is 11.5 Å². The highest BCUT2D eigenvalue weighted by molar-refractivity contribution is 6.31. The molecule has 0 fully saturated rings. The van der Waals surface area contributed by atoms with Crippen molar-refractivity contribution in [2.75, 3.05) is 6.61 Å². The molecule has 0 bridgehead atoms. The second kappa shape index (κ2) is 9.43. The zero-order chi connectivity index (χ0) is 20.8. The second-order valence-electron chi connectivity index (χ2n) is 6.67. The van der Waals surface area contributed by atoms with Crippen LogP contribution in [0.5, 0.6) is 5.75 Å². The number of nitrogens with one attached hydrogen (secondary N) is 1. The van der Waals surface area contributed by atoms with Crippen LogP contribution >= 0.6 is 11.6 Å². The van der Waals surface area contributed by atoms with Gasteiger partial charge in [-0.3, -0.25) is 9.59 Å². The molecule has 0 aliphatic carbocycles. The van der Waals surface area contributed by atoms with Gasteiger partial charge in [0.2, 0.25) is 0 Å². The molecule has 0 aliphatic heterocycles. The Balaban J connectivity index is 1.73. The number of rotatable bonds is 7. The fraction of sp³-hybridized carbons (Fsp3) is 0.217. The number of amides is 1. The van der Waals surface area contributed by atoms with E-state index in [1.807, 2.05) is 56.3 Å². The molecule has 5 nitrogen and oxygen atoms in total. The molecule has 150 valence electrons. The molecule has 1 amide bonds. The first kappa shape index (κ1) is 20.7. The van der Waals surface area contributed by atoms with Crippen LogP contribution in [0.2, 0.25) is 5.02 Å². The van der Waals surface area contributed by atoms with Crippen molar-refractivity contribution < 1.29 is 9.53 Å². The first-order valence-electron chi connectivity index (χ1n) is 9.45. The van der Waals surface area contributed by atoms with E-state index in [0.29, 0.717) is 23.7 Å². The maximum atomic E-state index is 12.7. The van der Waals surface area contributed by atoms with Crippen LogP contribution in [0, 0.1) is 0 Å². The molecule has 3 rings (SSSR count). The Morgan fingerprint density at radius 2 is 1.83 bits per heavy atom. The zero-order valence-electron chi connectivity index (χ0n) is 16.4. The Hall–Kier alpha value is -3.05. The van der Waals surface area contributed by atoms with E-state index in [1.165, 1.54) is 16.7 Å². The summed E-state index contributed by atoms with van der Waals surface area (Å²) in [6.45, 7) is 4.75. The summed E-state index contributed by atoms with van der Waals surface area (Å²) in [4.78, 5) is 24.9. The third kappa shape index (κ3) is 5.27. The van der Waals surface area contributed by atoms with Crippen molar-refractivity contribution >= 4 is 17.5 Å². The van der Waals surface area contributed by atoms with Crippen molar-refractivity contribution in [1.29, 1.82) is 0 Å². The number of hydrogen-bond donors (Lipinski definition) is 1. The summed E-state index contributed by atoms with van der Waals surface area (Å²) < 4.78 is 6.93. The van der Waals surface area contributed by atoms with Crippen molar-refractivity contribution in [1.82, 2.24) is 9.88 Å². The number of nitrogens with zero attached hydrogens (tertiary/aromatic N) is 1. The molecule has 0 spiro atoms. The molecule has 0 radical (unpaired) electrons. The number of aromatic nitrogens is 1. The molecule has 1 N–H and O–H groups in total. The molecule has 29 heavy (non-hydrogen) atoms. The quantitative estimate of drug-likeness (QED) is 0.626. The van der Waals surface area contributed by atoms with Gasteiger partial charge in [-0.2, -0.15) is 0 Å². The number of pyridine rings is 1. The van der Waals surface area contributed by atoms with Crippen LogP contribution in [-0.4, -0.2) is 17.1 Å². The maximum absolute atomic E-state index is 12.7. The summed E-state index contributed by atoms with van der Waals surface area (Å²) in [6.07, 6.45) is 1.56. The molecule has 1 aromatic heterocycles. The van der Waals surface area contributed by atoms with Crippen LogP contribution in [0.4, 0.5) is 0 Å². The van der Waals surface area contributed by atoms with Gasteiger partial charge in [0.15, 0.2) is 0 Å². The first-order chi connectivity index (χ1) is 14.0. The minimum Gasteiger partial charge on any atom is -0.494 e. The molecular weight excluding hydrogens is 388 g/mol. The molecule has 1 atom stereocenters. The summed E-state index contributed by atoms with van der Waals surface area (Å²) in [5.74, 6) is 0.542. The number of ether oxygens (including phenoxy) is 1. The minimum atomic E-state index is -0.251. The third-order valence-electron chi connectivity index (χ3n) is 4.58. The third-order valence-corrected chi connectivity index (χ3v) is 4.95. The van der Waals surface area contributed by atoms with Crippen LogP contribution in [0.3, 0.4) is 0 Å². The zero-order valence-corrected chi connectivity index (χ0v) is 17.1. The number of hydrogen-bond acceptors (Lipinski definition) is 3. The van der Waals surface area contributed by atoms with Crippen LogP contribution in [0.15, 0.2) is 71.7 Å². The lowest BCUT2D eigenvalue weighted by atomic mass is 10.1. The number of carbonyl (C=O) groups is 1. The van der Waals surface area contributed by atoms with Gasteiger partial charge in [-0.15, -0.1) is 0 Å². The highest BCUT2D eigenvalue weighted by Crippen LogP contribution is 2.18. The van der Waals surface area contributed by atoms with E-state index < -0.39 is 0 Å². The lowest BCUT2D eigenvalue weighted by Gasteiger charge is -2.16. The minimum absolute atomic E-state index is 0.192. The molecule has 0 saturated heterocycles. The van der Waals surface area contributed by atoms with E-state index in [9.17, 15) is 9.59 Å². The topological polar surface area (TPSA) is 60.3 Å². The van der Waals surface area contributed by atoms with Crippen molar-refractivity contribution in [3.8, 4) is 5.75 Å². The van der Waals surface area contributed by atoms with Gasteiger partial charge in [-0.1, -0.05) is 41.9 Å². The van der Waals surface area contributed by atoms with E-state index in [-0.39, 0.29) is 17.5 Å². The van der Waals surface area contributed by atoms with Crippen molar-refractivity contribution in [3.05, 3.63) is 98.9 Å². The Labute approximate surface area is 174 Å². The smallest absolute Gasteiger partial charge is 0.253 e.